The monoisotopic (exact) mass is 197 g/mol. The van der Waals surface area contributed by atoms with Crippen molar-refractivity contribution in [1.29, 1.82) is 0 Å². The molecule has 4 heteroatoms. The third-order valence-corrected chi connectivity index (χ3v) is 2.09. The summed E-state index contributed by atoms with van der Waals surface area (Å²) in [6.07, 6.45) is 0. The van der Waals surface area contributed by atoms with Crippen molar-refractivity contribution in [2.45, 2.75) is 13.5 Å². The molecule has 0 aromatic heterocycles. The van der Waals surface area contributed by atoms with Gasteiger partial charge in [-0.15, -0.1) is 0 Å². The Labute approximate surface area is 83.4 Å². The van der Waals surface area contributed by atoms with E-state index in [1.807, 2.05) is 13.0 Å². The lowest BCUT2D eigenvalue weighted by Gasteiger charge is -2.11. The van der Waals surface area contributed by atoms with Crippen LogP contribution in [0.25, 0.3) is 0 Å². The van der Waals surface area contributed by atoms with Gasteiger partial charge in [0.25, 0.3) is 0 Å². The maximum atomic E-state index is 9.78. The van der Waals surface area contributed by atoms with Crippen LogP contribution < -0.4 is 10.2 Å². The van der Waals surface area contributed by atoms with Crippen LogP contribution in [0.5, 0.6) is 11.5 Å². The molecule has 0 atom stereocenters. The summed E-state index contributed by atoms with van der Waals surface area (Å²) in [6.45, 7) is 2.37. The van der Waals surface area contributed by atoms with Crippen LogP contribution in [0.2, 0.25) is 0 Å². The molecular weight excluding hydrogens is 182 g/mol. The largest absolute Gasteiger partial charge is 0.504 e. The SMILES string of the molecule is CONCc1c(C)ccc(OC)c1O. The van der Waals surface area contributed by atoms with Crippen LogP contribution in [-0.2, 0) is 11.4 Å². The van der Waals surface area contributed by atoms with E-state index in [9.17, 15) is 5.11 Å². The maximum Gasteiger partial charge on any atom is 0.162 e. The zero-order chi connectivity index (χ0) is 10.6. The number of nitrogens with one attached hydrogen (secondary N) is 1. The molecule has 0 saturated heterocycles. The van der Waals surface area contributed by atoms with E-state index in [1.165, 1.54) is 14.2 Å². The second-order valence-electron chi connectivity index (χ2n) is 2.94. The molecule has 1 aromatic rings. The number of rotatable bonds is 4. The van der Waals surface area contributed by atoms with Gasteiger partial charge in [-0.05, 0) is 18.6 Å². The number of methoxy groups -OCH3 is 1. The van der Waals surface area contributed by atoms with Gasteiger partial charge in [-0.2, -0.15) is 5.48 Å². The van der Waals surface area contributed by atoms with Crippen molar-refractivity contribution in [2.75, 3.05) is 14.2 Å². The number of hydrogen-bond donors (Lipinski definition) is 2. The molecule has 0 saturated carbocycles. The van der Waals surface area contributed by atoms with Crippen LogP contribution in [0.3, 0.4) is 0 Å². The highest BCUT2D eigenvalue weighted by molar-refractivity contribution is 5.49. The third kappa shape index (κ3) is 2.16. The van der Waals surface area contributed by atoms with Crippen molar-refractivity contribution >= 4 is 0 Å². The Morgan fingerprint density at radius 1 is 1.36 bits per heavy atom. The summed E-state index contributed by atoms with van der Waals surface area (Å²) in [5.41, 5.74) is 4.46. The number of aryl methyl sites for hydroxylation is 1. The summed E-state index contributed by atoms with van der Waals surface area (Å²) in [4.78, 5) is 4.73. The van der Waals surface area contributed by atoms with Gasteiger partial charge >= 0.3 is 0 Å². The van der Waals surface area contributed by atoms with Crippen molar-refractivity contribution < 1.29 is 14.7 Å². The molecule has 1 aromatic carbocycles. The van der Waals surface area contributed by atoms with Gasteiger partial charge in [-0.3, -0.25) is 0 Å². The molecule has 0 aliphatic carbocycles. The molecule has 0 amide bonds. The molecular formula is C10H15NO3. The lowest BCUT2D eigenvalue weighted by atomic mass is 10.1. The van der Waals surface area contributed by atoms with Gasteiger partial charge in [0, 0.05) is 5.56 Å². The van der Waals surface area contributed by atoms with Crippen LogP contribution in [0.1, 0.15) is 11.1 Å². The Balaban J connectivity index is 2.99. The van der Waals surface area contributed by atoms with Crippen molar-refractivity contribution in [3.8, 4) is 11.5 Å². The van der Waals surface area contributed by atoms with Crippen LogP contribution in [0.15, 0.2) is 12.1 Å². The molecule has 0 radical (unpaired) electrons. The number of phenols is 1. The molecule has 0 heterocycles. The second kappa shape index (κ2) is 4.83. The second-order valence-corrected chi connectivity index (χ2v) is 2.94. The fraction of sp³-hybridized carbons (Fsp3) is 0.400. The first-order chi connectivity index (χ1) is 6.70. The van der Waals surface area contributed by atoms with Gasteiger partial charge in [-0.25, -0.2) is 0 Å². The van der Waals surface area contributed by atoms with Crippen LogP contribution >= 0.6 is 0 Å². The number of hydroxylamine groups is 1. The molecule has 0 spiro atoms. The summed E-state index contributed by atoms with van der Waals surface area (Å²) in [7, 11) is 3.06. The maximum absolute atomic E-state index is 9.78. The standard InChI is InChI=1S/C10H15NO3/c1-7-4-5-9(13-2)10(12)8(7)6-11-14-3/h4-5,11-12H,6H2,1-3H3. The molecule has 78 valence electrons. The highest BCUT2D eigenvalue weighted by Gasteiger charge is 2.09. The van der Waals surface area contributed by atoms with E-state index in [1.54, 1.807) is 6.07 Å². The third-order valence-electron chi connectivity index (χ3n) is 2.09. The first-order valence-corrected chi connectivity index (χ1v) is 4.32. The Morgan fingerprint density at radius 2 is 2.07 bits per heavy atom. The van der Waals surface area contributed by atoms with E-state index in [-0.39, 0.29) is 5.75 Å². The van der Waals surface area contributed by atoms with E-state index in [0.717, 1.165) is 11.1 Å². The topological polar surface area (TPSA) is 50.7 Å². The van der Waals surface area contributed by atoms with Crippen molar-refractivity contribution in [3.63, 3.8) is 0 Å². The number of benzene rings is 1. The number of phenolic OH excluding ortho intramolecular Hbond substituents is 1. The molecule has 4 nitrogen and oxygen atoms in total. The molecule has 2 N–H and O–H groups in total. The highest BCUT2D eigenvalue weighted by Crippen LogP contribution is 2.31. The average molecular weight is 197 g/mol. The zero-order valence-electron chi connectivity index (χ0n) is 8.63. The molecule has 0 bridgehead atoms. The predicted octanol–water partition coefficient (Wildman–Crippen LogP) is 1.36. The van der Waals surface area contributed by atoms with Gasteiger partial charge in [0.15, 0.2) is 11.5 Å². The van der Waals surface area contributed by atoms with Crippen LogP contribution in [0, 0.1) is 6.92 Å². The Kier molecular flexibility index (Phi) is 3.73. The molecule has 0 aliphatic rings. The highest BCUT2D eigenvalue weighted by atomic mass is 16.6. The smallest absolute Gasteiger partial charge is 0.162 e. The summed E-state index contributed by atoms with van der Waals surface area (Å²) < 4.78 is 5.00. The first kappa shape index (κ1) is 10.8. The summed E-state index contributed by atoms with van der Waals surface area (Å²) in [6, 6.07) is 3.63. The quantitative estimate of drug-likeness (QED) is 0.715. The van der Waals surface area contributed by atoms with Gasteiger partial charge in [0.2, 0.25) is 0 Å². The molecule has 0 aliphatic heterocycles. The zero-order valence-corrected chi connectivity index (χ0v) is 8.63. The number of ether oxygens (including phenoxy) is 1. The molecule has 14 heavy (non-hydrogen) atoms. The van der Waals surface area contributed by atoms with E-state index >= 15 is 0 Å². The average Bonchev–Trinajstić information content (AvgIpc) is 2.18. The Bertz CT molecular complexity index is 312. The minimum absolute atomic E-state index is 0.164. The van der Waals surface area contributed by atoms with Gasteiger partial charge in [-0.1, -0.05) is 6.07 Å². The van der Waals surface area contributed by atoms with Crippen molar-refractivity contribution in [1.82, 2.24) is 5.48 Å². The minimum atomic E-state index is 0.164. The predicted molar refractivity (Wildman–Crippen MR) is 53.2 cm³/mol. The van der Waals surface area contributed by atoms with Gasteiger partial charge in [0.1, 0.15) is 0 Å². The number of hydrogen-bond acceptors (Lipinski definition) is 4. The molecule has 0 unspecified atom stereocenters. The van der Waals surface area contributed by atoms with E-state index < -0.39 is 0 Å². The number of aromatic hydroxyl groups is 1. The minimum Gasteiger partial charge on any atom is -0.504 e. The Morgan fingerprint density at radius 3 is 2.64 bits per heavy atom. The van der Waals surface area contributed by atoms with Gasteiger partial charge in [0.05, 0.1) is 20.8 Å². The van der Waals surface area contributed by atoms with E-state index in [0.29, 0.717) is 12.3 Å². The van der Waals surface area contributed by atoms with Crippen molar-refractivity contribution in [3.05, 3.63) is 23.3 Å². The fourth-order valence-corrected chi connectivity index (χ4v) is 1.25. The Hall–Kier alpha value is -1.26. The normalized spacial score (nSPS) is 10.2. The molecule has 1 rings (SSSR count). The first-order valence-electron chi connectivity index (χ1n) is 4.32. The summed E-state index contributed by atoms with van der Waals surface area (Å²) in [5.74, 6) is 0.639. The van der Waals surface area contributed by atoms with E-state index in [2.05, 4.69) is 5.48 Å². The summed E-state index contributed by atoms with van der Waals surface area (Å²) in [5, 5.41) is 9.78. The van der Waals surface area contributed by atoms with Crippen LogP contribution in [-0.4, -0.2) is 19.3 Å². The van der Waals surface area contributed by atoms with Crippen LogP contribution in [0.4, 0.5) is 0 Å². The summed E-state index contributed by atoms with van der Waals surface area (Å²) >= 11 is 0. The van der Waals surface area contributed by atoms with Crippen molar-refractivity contribution in [2.24, 2.45) is 0 Å². The van der Waals surface area contributed by atoms with Gasteiger partial charge < -0.3 is 14.7 Å². The van der Waals surface area contributed by atoms with E-state index in [4.69, 9.17) is 9.57 Å². The fourth-order valence-electron chi connectivity index (χ4n) is 1.25. The molecule has 0 fully saturated rings. The lowest BCUT2D eigenvalue weighted by molar-refractivity contribution is 0.0859. The lowest BCUT2D eigenvalue weighted by Crippen LogP contribution is -2.12.